The van der Waals surface area contributed by atoms with Gasteiger partial charge in [-0.15, -0.1) is 11.6 Å². The minimum atomic E-state index is -0.211. The Morgan fingerprint density at radius 3 is 2.69 bits per heavy atom. The number of nitrogens with one attached hydrogen (secondary N) is 2. The lowest BCUT2D eigenvalue weighted by atomic mass is 10.2. The highest BCUT2D eigenvalue weighted by Gasteiger charge is 2.16. The molecule has 0 aliphatic rings. The fourth-order valence-corrected chi connectivity index (χ4v) is 3.39. The summed E-state index contributed by atoms with van der Waals surface area (Å²) in [5.41, 5.74) is 3.40. The lowest BCUT2D eigenvalue weighted by Gasteiger charge is -2.24. The Morgan fingerprint density at radius 2 is 1.97 bits per heavy atom. The largest absolute Gasteiger partial charge is 0.358 e. The normalized spacial score (nSPS) is 11.2. The quantitative estimate of drug-likeness (QED) is 0.519. The maximum atomic E-state index is 12.3. The van der Waals surface area contributed by atoms with Gasteiger partial charge in [-0.1, -0.05) is 25.0 Å². The number of hydrogen-bond donors (Lipinski definition) is 2. The molecule has 0 aliphatic heterocycles. The van der Waals surface area contributed by atoms with E-state index < -0.39 is 0 Å². The van der Waals surface area contributed by atoms with Gasteiger partial charge in [0.1, 0.15) is 5.88 Å². The van der Waals surface area contributed by atoms with Crippen LogP contribution < -0.4 is 5.32 Å². The van der Waals surface area contributed by atoms with Crippen LogP contribution in [-0.4, -0.2) is 72.2 Å². The first-order valence-corrected chi connectivity index (χ1v) is 10.8. The molecule has 2 N–H and O–H groups in total. The molecule has 1 aromatic heterocycles. The SMILES string of the molecule is CCCCN(C)CCN(CC(=O)NCCc1cc2cc(C)ccc2[nH]1)C(=O)CCl. The lowest BCUT2D eigenvalue weighted by molar-refractivity contribution is -0.134. The van der Waals surface area contributed by atoms with Gasteiger partial charge in [0, 0.05) is 37.3 Å². The molecule has 0 saturated heterocycles. The van der Waals surface area contributed by atoms with Gasteiger partial charge in [-0.2, -0.15) is 0 Å². The Labute approximate surface area is 178 Å². The lowest BCUT2D eigenvalue weighted by Crippen LogP contribution is -2.44. The number of aromatic nitrogens is 1. The molecule has 6 nitrogen and oxygen atoms in total. The van der Waals surface area contributed by atoms with Crippen molar-refractivity contribution in [3.63, 3.8) is 0 Å². The molecule has 1 aromatic carbocycles. The number of H-pyrrole nitrogens is 1. The van der Waals surface area contributed by atoms with Crippen molar-refractivity contribution in [1.29, 1.82) is 0 Å². The predicted octanol–water partition coefficient (Wildman–Crippen LogP) is 2.93. The topological polar surface area (TPSA) is 68.4 Å². The van der Waals surface area contributed by atoms with Gasteiger partial charge in [0.2, 0.25) is 11.8 Å². The maximum absolute atomic E-state index is 12.3. The number of nitrogens with zero attached hydrogens (tertiary/aromatic N) is 2. The highest BCUT2D eigenvalue weighted by Crippen LogP contribution is 2.17. The van der Waals surface area contributed by atoms with E-state index in [1.165, 1.54) is 15.8 Å². The van der Waals surface area contributed by atoms with E-state index in [-0.39, 0.29) is 24.2 Å². The number of halogens is 1. The average Bonchev–Trinajstić information content (AvgIpc) is 3.10. The number of likely N-dealkylation sites (N-methyl/N-ethyl adjacent to an activating group) is 1. The Morgan fingerprint density at radius 1 is 1.17 bits per heavy atom. The molecule has 2 rings (SSSR count). The zero-order chi connectivity index (χ0) is 21.2. The molecule has 0 saturated carbocycles. The standard InChI is InChI=1S/C22H33ClN4O2/c1-4-5-10-26(3)11-12-27(22(29)15-23)16-21(28)24-9-8-19-14-18-13-17(2)6-7-20(18)25-19/h6-7,13-14,25H,4-5,8-12,15-16H2,1-3H3,(H,24,28). The first-order valence-electron chi connectivity index (χ1n) is 10.3. The number of aromatic amines is 1. The van der Waals surface area contributed by atoms with Gasteiger partial charge in [0.15, 0.2) is 0 Å². The van der Waals surface area contributed by atoms with Crippen LogP contribution in [0.1, 0.15) is 31.0 Å². The summed E-state index contributed by atoms with van der Waals surface area (Å²) < 4.78 is 0. The highest BCUT2D eigenvalue weighted by atomic mass is 35.5. The molecule has 2 aromatic rings. The van der Waals surface area contributed by atoms with Crippen LogP contribution in [0.3, 0.4) is 0 Å². The Bertz CT molecular complexity index is 805. The first-order chi connectivity index (χ1) is 13.9. The Balaban J connectivity index is 1.79. The molecule has 0 unspecified atom stereocenters. The van der Waals surface area contributed by atoms with Crippen LogP contribution in [-0.2, 0) is 16.0 Å². The molecule has 0 bridgehead atoms. The van der Waals surface area contributed by atoms with Crippen LogP contribution in [0.15, 0.2) is 24.3 Å². The monoisotopic (exact) mass is 420 g/mol. The van der Waals surface area contributed by atoms with Crippen molar-refractivity contribution in [2.45, 2.75) is 33.1 Å². The molecule has 0 fully saturated rings. The number of alkyl halides is 1. The molecule has 29 heavy (non-hydrogen) atoms. The van der Waals surface area contributed by atoms with Gasteiger partial charge in [-0.3, -0.25) is 9.59 Å². The summed E-state index contributed by atoms with van der Waals surface area (Å²) in [7, 11) is 2.03. The fraction of sp³-hybridized carbons (Fsp3) is 0.545. The summed E-state index contributed by atoms with van der Waals surface area (Å²) in [6.45, 7) is 6.99. The smallest absolute Gasteiger partial charge is 0.239 e. The molecule has 160 valence electrons. The van der Waals surface area contributed by atoms with Crippen LogP contribution in [0, 0.1) is 6.92 Å². The molecule has 7 heteroatoms. The minimum Gasteiger partial charge on any atom is -0.358 e. The van der Waals surface area contributed by atoms with E-state index in [0.717, 1.165) is 37.1 Å². The summed E-state index contributed by atoms with van der Waals surface area (Å²) in [5, 5.41) is 4.09. The molecule has 0 radical (unpaired) electrons. The molecule has 2 amide bonds. The number of amides is 2. The zero-order valence-electron chi connectivity index (χ0n) is 17.8. The second-order valence-electron chi connectivity index (χ2n) is 7.59. The van der Waals surface area contributed by atoms with Crippen molar-refractivity contribution in [2.75, 3.05) is 45.7 Å². The van der Waals surface area contributed by atoms with E-state index in [0.29, 0.717) is 19.5 Å². The number of rotatable bonds is 12. The number of aryl methyl sites for hydroxylation is 1. The molecular weight excluding hydrogens is 388 g/mol. The third kappa shape index (κ3) is 7.71. The number of unbranched alkanes of at least 4 members (excludes halogenated alkanes) is 1. The van der Waals surface area contributed by atoms with Gasteiger partial charge in [0.25, 0.3) is 0 Å². The van der Waals surface area contributed by atoms with Crippen molar-refractivity contribution in [3.8, 4) is 0 Å². The third-order valence-corrected chi connectivity index (χ3v) is 5.22. The van der Waals surface area contributed by atoms with Crippen LogP contribution in [0.2, 0.25) is 0 Å². The summed E-state index contributed by atoms with van der Waals surface area (Å²) >= 11 is 5.72. The van der Waals surface area contributed by atoms with Gasteiger partial charge in [-0.05, 0) is 50.5 Å². The number of fused-ring (bicyclic) bond motifs is 1. The van der Waals surface area contributed by atoms with E-state index in [1.807, 2.05) is 7.05 Å². The fourth-order valence-electron chi connectivity index (χ4n) is 3.22. The van der Waals surface area contributed by atoms with E-state index in [1.54, 1.807) is 0 Å². The van der Waals surface area contributed by atoms with Gasteiger partial charge in [0.05, 0.1) is 6.54 Å². The zero-order valence-corrected chi connectivity index (χ0v) is 18.5. The maximum Gasteiger partial charge on any atom is 0.239 e. The van der Waals surface area contributed by atoms with Gasteiger partial charge >= 0.3 is 0 Å². The number of hydrogen-bond acceptors (Lipinski definition) is 3. The number of carbonyl (C=O) groups excluding carboxylic acids is 2. The van der Waals surface area contributed by atoms with Crippen LogP contribution in [0.5, 0.6) is 0 Å². The van der Waals surface area contributed by atoms with E-state index in [4.69, 9.17) is 11.6 Å². The number of benzene rings is 1. The van der Waals surface area contributed by atoms with Crippen molar-refractivity contribution in [3.05, 3.63) is 35.5 Å². The Hall–Kier alpha value is -2.05. The van der Waals surface area contributed by atoms with Crippen molar-refractivity contribution >= 4 is 34.3 Å². The summed E-state index contributed by atoms with van der Waals surface area (Å²) in [4.78, 5) is 31.5. The summed E-state index contributed by atoms with van der Waals surface area (Å²) in [6.07, 6.45) is 2.96. The van der Waals surface area contributed by atoms with Gasteiger partial charge < -0.3 is 20.1 Å². The molecule has 0 atom stereocenters. The number of carbonyl (C=O) groups is 2. The molecule has 0 aliphatic carbocycles. The second-order valence-corrected chi connectivity index (χ2v) is 7.86. The second kappa shape index (κ2) is 11.8. The van der Waals surface area contributed by atoms with Crippen molar-refractivity contribution < 1.29 is 9.59 Å². The van der Waals surface area contributed by atoms with Gasteiger partial charge in [-0.25, -0.2) is 0 Å². The van der Waals surface area contributed by atoms with Crippen LogP contribution >= 0.6 is 11.6 Å². The third-order valence-electron chi connectivity index (χ3n) is 5.00. The average molecular weight is 421 g/mol. The minimum absolute atomic E-state index is 0.0407. The van der Waals surface area contributed by atoms with E-state index in [9.17, 15) is 9.59 Å². The molecular formula is C22H33ClN4O2. The molecule has 1 heterocycles. The first kappa shape index (κ1) is 23.2. The highest BCUT2D eigenvalue weighted by molar-refractivity contribution is 6.27. The van der Waals surface area contributed by atoms with E-state index in [2.05, 4.69) is 53.3 Å². The van der Waals surface area contributed by atoms with Crippen molar-refractivity contribution in [2.24, 2.45) is 0 Å². The summed E-state index contributed by atoms with van der Waals surface area (Å²) in [6, 6.07) is 8.40. The van der Waals surface area contributed by atoms with Crippen molar-refractivity contribution in [1.82, 2.24) is 20.1 Å². The molecule has 0 spiro atoms. The Kier molecular flexibility index (Phi) is 9.48. The van der Waals surface area contributed by atoms with E-state index >= 15 is 0 Å². The van der Waals surface area contributed by atoms with Crippen LogP contribution in [0.25, 0.3) is 10.9 Å². The predicted molar refractivity (Wildman–Crippen MR) is 119 cm³/mol. The summed E-state index contributed by atoms with van der Waals surface area (Å²) in [5.74, 6) is -0.483. The van der Waals surface area contributed by atoms with Crippen LogP contribution in [0.4, 0.5) is 0 Å².